The summed E-state index contributed by atoms with van der Waals surface area (Å²) >= 11 is 0. The number of allylic oxidation sites excluding steroid dienone is 1. The van der Waals surface area contributed by atoms with E-state index in [4.69, 9.17) is 0 Å². The van der Waals surface area contributed by atoms with E-state index in [-0.39, 0.29) is 35.9 Å². The van der Waals surface area contributed by atoms with Crippen molar-refractivity contribution in [1.82, 2.24) is 0 Å². The summed E-state index contributed by atoms with van der Waals surface area (Å²) in [4.78, 5) is 0. The van der Waals surface area contributed by atoms with E-state index < -0.39 is 0 Å². The Kier molecular flexibility index (Phi) is 6.11. The number of unbranched alkanes of at least 4 members (excludes halogenated alkanes) is 1. The fraction of sp³-hybridized carbons (Fsp3) is 0.600. The first-order chi connectivity index (χ1) is 11.0. The molecule has 3 N–H and O–H groups in total. The highest BCUT2D eigenvalue weighted by molar-refractivity contribution is 5.49. The normalized spacial score (nSPS) is 24.6. The third-order valence-electron chi connectivity index (χ3n) is 5.24. The number of aromatic hydroxyl groups is 2. The molecule has 2 unspecified atom stereocenters. The van der Waals surface area contributed by atoms with Gasteiger partial charge in [0.25, 0.3) is 0 Å². The van der Waals surface area contributed by atoms with Gasteiger partial charge in [0.1, 0.15) is 11.5 Å². The van der Waals surface area contributed by atoms with Crippen molar-refractivity contribution in [2.45, 2.75) is 58.3 Å². The molecule has 1 aliphatic rings. The van der Waals surface area contributed by atoms with Gasteiger partial charge in [0.15, 0.2) is 0 Å². The molecule has 3 nitrogen and oxygen atoms in total. The highest BCUT2D eigenvalue weighted by atomic mass is 16.3. The monoisotopic (exact) mass is 318 g/mol. The van der Waals surface area contributed by atoms with Crippen molar-refractivity contribution in [3.8, 4) is 11.5 Å². The molecule has 3 atom stereocenters. The van der Waals surface area contributed by atoms with Crippen LogP contribution in [0.2, 0.25) is 0 Å². The fourth-order valence-electron chi connectivity index (χ4n) is 3.92. The second-order valence-corrected chi connectivity index (χ2v) is 7.07. The van der Waals surface area contributed by atoms with Gasteiger partial charge >= 0.3 is 0 Å². The van der Waals surface area contributed by atoms with E-state index in [2.05, 4.69) is 13.5 Å². The van der Waals surface area contributed by atoms with Crippen LogP contribution in [-0.4, -0.2) is 21.9 Å². The Morgan fingerprint density at radius 3 is 2.39 bits per heavy atom. The predicted molar refractivity (Wildman–Crippen MR) is 93.9 cm³/mol. The van der Waals surface area contributed by atoms with Crippen molar-refractivity contribution in [3.05, 3.63) is 35.4 Å². The second-order valence-electron chi connectivity index (χ2n) is 7.07. The minimum Gasteiger partial charge on any atom is -0.508 e. The lowest BCUT2D eigenvalue weighted by Gasteiger charge is -2.37. The molecule has 0 bridgehead atoms. The summed E-state index contributed by atoms with van der Waals surface area (Å²) in [5.41, 5.74) is 2.70. The van der Waals surface area contributed by atoms with E-state index >= 15 is 0 Å². The van der Waals surface area contributed by atoms with Crippen LogP contribution in [0.1, 0.15) is 63.0 Å². The van der Waals surface area contributed by atoms with E-state index in [9.17, 15) is 15.3 Å². The average Bonchev–Trinajstić information content (AvgIpc) is 2.51. The van der Waals surface area contributed by atoms with Crippen molar-refractivity contribution >= 4 is 0 Å². The molecule has 0 spiro atoms. The Morgan fingerprint density at radius 2 is 1.87 bits per heavy atom. The fourth-order valence-corrected chi connectivity index (χ4v) is 3.92. The second kappa shape index (κ2) is 7.87. The number of aryl methyl sites for hydroxylation is 1. The van der Waals surface area contributed by atoms with Gasteiger partial charge < -0.3 is 15.3 Å². The third-order valence-corrected chi connectivity index (χ3v) is 5.24. The molecule has 1 fully saturated rings. The number of rotatable bonds is 6. The van der Waals surface area contributed by atoms with Crippen LogP contribution < -0.4 is 0 Å². The smallest absolute Gasteiger partial charge is 0.123 e. The average molecular weight is 318 g/mol. The highest BCUT2D eigenvalue weighted by Crippen LogP contribution is 2.49. The number of phenols is 2. The summed E-state index contributed by atoms with van der Waals surface area (Å²) < 4.78 is 0. The molecule has 128 valence electrons. The number of phenolic OH excluding ortho intramolecular Hbond substituents is 2. The summed E-state index contributed by atoms with van der Waals surface area (Å²) in [7, 11) is 0. The summed E-state index contributed by atoms with van der Waals surface area (Å²) in [6.45, 7) is 8.40. The van der Waals surface area contributed by atoms with Crippen molar-refractivity contribution in [2.24, 2.45) is 11.8 Å². The zero-order valence-corrected chi connectivity index (χ0v) is 14.4. The zero-order valence-electron chi connectivity index (χ0n) is 14.4. The minimum atomic E-state index is 0.0265. The molecule has 23 heavy (non-hydrogen) atoms. The first kappa shape index (κ1) is 17.9. The topological polar surface area (TPSA) is 60.7 Å². The lowest BCUT2D eigenvalue weighted by molar-refractivity contribution is 0.159. The molecule has 3 heteroatoms. The van der Waals surface area contributed by atoms with Gasteiger partial charge in [-0.3, -0.25) is 0 Å². The van der Waals surface area contributed by atoms with Gasteiger partial charge in [-0.05, 0) is 74.5 Å². The van der Waals surface area contributed by atoms with Crippen LogP contribution in [0.4, 0.5) is 0 Å². The van der Waals surface area contributed by atoms with Crippen LogP contribution in [0.3, 0.4) is 0 Å². The molecule has 1 aliphatic carbocycles. The van der Waals surface area contributed by atoms with Gasteiger partial charge in [-0.25, -0.2) is 0 Å². The van der Waals surface area contributed by atoms with Gasteiger partial charge in [0.2, 0.25) is 0 Å². The van der Waals surface area contributed by atoms with E-state index in [0.717, 1.165) is 49.7 Å². The van der Waals surface area contributed by atoms with Crippen LogP contribution in [-0.2, 0) is 6.42 Å². The van der Waals surface area contributed by atoms with Gasteiger partial charge in [0.05, 0.1) is 0 Å². The predicted octanol–water partition coefficient (Wildman–Crippen LogP) is 4.51. The number of hydrogen-bond donors (Lipinski definition) is 3. The molecule has 0 radical (unpaired) electrons. The zero-order chi connectivity index (χ0) is 17.0. The summed E-state index contributed by atoms with van der Waals surface area (Å²) in [6.07, 6.45) is 5.70. The maximum atomic E-state index is 10.5. The summed E-state index contributed by atoms with van der Waals surface area (Å²) in [5, 5.41) is 30.6. The van der Waals surface area contributed by atoms with Gasteiger partial charge in [-0.1, -0.05) is 25.5 Å². The van der Waals surface area contributed by atoms with Gasteiger partial charge in [-0.15, -0.1) is 0 Å². The molecule has 0 heterocycles. The Hall–Kier alpha value is -1.48. The molecule has 0 saturated heterocycles. The first-order valence-corrected chi connectivity index (χ1v) is 8.78. The largest absolute Gasteiger partial charge is 0.508 e. The minimum absolute atomic E-state index is 0.0265. The van der Waals surface area contributed by atoms with Crippen molar-refractivity contribution in [2.75, 3.05) is 6.61 Å². The van der Waals surface area contributed by atoms with Crippen LogP contribution in [0, 0.1) is 11.8 Å². The Bertz CT molecular complexity index is 527. The van der Waals surface area contributed by atoms with Crippen molar-refractivity contribution in [3.63, 3.8) is 0 Å². The van der Waals surface area contributed by atoms with E-state index in [0.29, 0.717) is 5.56 Å². The van der Waals surface area contributed by atoms with E-state index in [1.54, 1.807) is 12.1 Å². The lowest BCUT2D eigenvalue weighted by Crippen LogP contribution is -2.26. The number of aliphatic hydroxyl groups is 1. The van der Waals surface area contributed by atoms with Crippen LogP contribution >= 0.6 is 0 Å². The van der Waals surface area contributed by atoms with E-state index in [1.807, 2.05) is 6.92 Å². The highest BCUT2D eigenvalue weighted by Gasteiger charge is 2.34. The first-order valence-electron chi connectivity index (χ1n) is 8.78. The van der Waals surface area contributed by atoms with Crippen molar-refractivity contribution < 1.29 is 15.3 Å². The SMILES string of the molecule is C=C(C)[C@@H]1CCC(CO)CC1c1c(O)cc(CCCC)cc1O. The Labute approximate surface area is 139 Å². The van der Waals surface area contributed by atoms with Crippen LogP contribution in [0.25, 0.3) is 0 Å². The number of hydrogen-bond acceptors (Lipinski definition) is 3. The molecule has 1 aromatic rings. The standard InChI is InChI=1S/C20H30O3/c1-4-5-6-14-10-18(22)20(19(23)11-14)17-9-15(12-21)7-8-16(17)13(2)3/h10-11,15-17,21-23H,2,4-9,12H2,1,3H3/t15?,16-,17?/m0/s1. The van der Waals surface area contributed by atoms with Crippen LogP contribution in [0.15, 0.2) is 24.3 Å². The quantitative estimate of drug-likeness (QED) is 0.676. The Morgan fingerprint density at radius 1 is 1.22 bits per heavy atom. The van der Waals surface area contributed by atoms with Gasteiger partial charge in [-0.2, -0.15) is 0 Å². The lowest BCUT2D eigenvalue weighted by atomic mass is 9.68. The maximum absolute atomic E-state index is 10.5. The van der Waals surface area contributed by atoms with Crippen LogP contribution in [0.5, 0.6) is 11.5 Å². The number of benzene rings is 1. The molecule has 1 saturated carbocycles. The molecule has 0 aliphatic heterocycles. The number of aliphatic hydroxyl groups excluding tert-OH is 1. The van der Waals surface area contributed by atoms with E-state index in [1.165, 1.54) is 0 Å². The molecular weight excluding hydrogens is 288 g/mol. The molecule has 0 aromatic heterocycles. The molecule has 2 rings (SSSR count). The maximum Gasteiger partial charge on any atom is 0.123 e. The summed E-state index contributed by atoms with van der Waals surface area (Å²) in [5.74, 6) is 0.876. The van der Waals surface area contributed by atoms with Gasteiger partial charge in [0, 0.05) is 12.2 Å². The third kappa shape index (κ3) is 4.08. The molecule has 1 aromatic carbocycles. The Balaban J connectivity index is 2.34. The molecule has 0 amide bonds. The summed E-state index contributed by atoms with van der Waals surface area (Å²) in [6, 6.07) is 3.59. The molecular formula is C20H30O3. The van der Waals surface area contributed by atoms with Crippen molar-refractivity contribution in [1.29, 1.82) is 0 Å².